The summed E-state index contributed by atoms with van der Waals surface area (Å²) in [4.78, 5) is 14.8. The van der Waals surface area contributed by atoms with Crippen LogP contribution in [0.15, 0.2) is 0 Å². The van der Waals surface area contributed by atoms with Crippen molar-refractivity contribution in [2.24, 2.45) is 5.73 Å². The van der Waals surface area contributed by atoms with Crippen LogP contribution in [0.1, 0.15) is 13.3 Å². The molecule has 0 heterocycles. The predicted molar refractivity (Wildman–Crippen MR) is 40.6 cm³/mol. The van der Waals surface area contributed by atoms with Crippen molar-refractivity contribution in [2.75, 3.05) is 13.1 Å². The van der Waals surface area contributed by atoms with Crippen LogP contribution in [0.4, 0.5) is 0 Å². The van der Waals surface area contributed by atoms with Crippen LogP contribution in [0.2, 0.25) is 0 Å². The Balaban J connectivity index is -0.000000320. The average molecular weight is 212 g/mol. The predicted octanol–water partition coefficient (Wildman–Crippen LogP) is -1.25. The van der Waals surface area contributed by atoms with Crippen LogP contribution in [-0.2, 0) is 26.7 Å². The quantitative estimate of drug-likeness (QED) is 0.347. The molecule has 0 aromatic heterocycles. The van der Waals surface area contributed by atoms with Crippen molar-refractivity contribution in [1.82, 2.24) is 5.48 Å². The molecule has 4 nitrogen and oxygen atoms in total. The third-order valence-electron chi connectivity index (χ3n) is 0.721. The number of nitrogens with one attached hydrogen (secondary N) is 1. The van der Waals surface area contributed by atoms with Crippen molar-refractivity contribution < 1.29 is 26.7 Å². The van der Waals surface area contributed by atoms with E-state index in [1.54, 1.807) is 6.92 Å². The Morgan fingerprint density at radius 1 is 1.64 bits per heavy atom. The number of nitrogens with two attached hydrogens (primary N) is 1. The van der Waals surface area contributed by atoms with E-state index in [-0.39, 0.29) is 52.6 Å². The summed E-state index contributed by atoms with van der Waals surface area (Å²) in [5.41, 5.74) is 7.51. The summed E-state index contributed by atoms with van der Waals surface area (Å²) >= 11 is 0. The van der Waals surface area contributed by atoms with Gasteiger partial charge in [0, 0.05) is 36.6 Å². The van der Waals surface area contributed by atoms with Gasteiger partial charge in [-0.05, 0) is 0 Å². The minimum atomic E-state index is -0.261. The molecule has 0 aromatic carbocycles. The SMILES string of the molecule is CCC(=O)ONCCN.[Fe].[NaH]. The van der Waals surface area contributed by atoms with Crippen LogP contribution in [0.3, 0.4) is 0 Å². The van der Waals surface area contributed by atoms with E-state index in [0.29, 0.717) is 19.5 Å². The van der Waals surface area contributed by atoms with E-state index in [4.69, 9.17) is 5.73 Å². The van der Waals surface area contributed by atoms with Gasteiger partial charge in [0.1, 0.15) is 0 Å². The first-order valence-electron chi connectivity index (χ1n) is 2.93. The van der Waals surface area contributed by atoms with Gasteiger partial charge in [0.25, 0.3) is 0 Å². The zero-order valence-electron chi connectivity index (χ0n) is 5.87. The Hall–Kier alpha value is 0.909. The van der Waals surface area contributed by atoms with Gasteiger partial charge in [0.15, 0.2) is 0 Å². The van der Waals surface area contributed by atoms with Crippen molar-refractivity contribution in [3.63, 3.8) is 0 Å². The molecular weight excluding hydrogens is 199 g/mol. The Morgan fingerprint density at radius 2 is 2.18 bits per heavy atom. The number of hydrogen-bond donors (Lipinski definition) is 2. The van der Waals surface area contributed by atoms with Gasteiger partial charge in [-0.25, -0.2) is 0 Å². The zero-order valence-corrected chi connectivity index (χ0v) is 6.97. The summed E-state index contributed by atoms with van der Waals surface area (Å²) < 4.78 is 0. The molecule has 0 rings (SSSR count). The van der Waals surface area contributed by atoms with Gasteiger partial charge < -0.3 is 10.6 Å². The molecule has 11 heavy (non-hydrogen) atoms. The van der Waals surface area contributed by atoms with E-state index in [2.05, 4.69) is 10.3 Å². The van der Waals surface area contributed by atoms with Gasteiger partial charge in [-0.3, -0.25) is 4.79 Å². The van der Waals surface area contributed by atoms with Gasteiger partial charge in [-0.15, -0.1) is 0 Å². The van der Waals surface area contributed by atoms with E-state index >= 15 is 0 Å². The van der Waals surface area contributed by atoms with E-state index in [1.807, 2.05) is 0 Å². The molecule has 0 atom stereocenters. The normalized spacial score (nSPS) is 7.45. The molecule has 0 fully saturated rings. The molecule has 0 spiro atoms. The van der Waals surface area contributed by atoms with Crippen LogP contribution in [0, 0.1) is 0 Å². The molecule has 6 heteroatoms. The maximum absolute atomic E-state index is 10.4. The summed E-state index contributed by atoms with van der Waals surface area (Å²) in [5, 5.41) is 0. The summed E-state index contributed by atoms with van der Waals surface area (Å²) in [6, 6.07) is 0. The van der Waals surface area contributed by atoms with Crippen molar-refractivity contribution in [2.45, 2.75) is 13.3 Å². The van der Waals surface area contributed by atoms with E-state index < -0.39 is 0 Å². The van der Waals surface area contributed by atoms with Crippen LogP contribution >= 0.6 is 0 Å². The standard InChI is InChI=1S/C5H12N2O2.Fe.Na.H/c1-2-5(8)9-7-4-3-6;;;/h7H,2-4,6H2,1H3;;;. The third kappa shape index (κ3) is 13.8. The maximum atomic E-state index is 10.4. The number of hydroxylamine groups is 1. The fourth-order valence-corrected chi connectivity index (χ4v) is 0.263. The number of hydrogen-bond acceptors (Lipinski definition) is 4. The molecule has 3 N–H and O–H groups in total. The number of rotatable bonds is 4. The summed E-state index contributed by atoms with van der Waals surface area (Å²) in [7, 11) is 0. The van der Waals surface area contributed by atoms with Gasteiger partial charge in [-0.1, -0.05) is 6.92 Å². The second-order valence-electron chi connectivity index (χ2n) is 1.51. The monoisotopic (exact) mass is 212 g/mol. The Morgan fingerprint density at radius 3 is 2.55 bits per heavy atom. The molecule has 0 radical (unpaired) electrons. The molecule has 0 aliphatic heterocycles. The molecule has 0 bridgehead atoms. The topological polar surface area (TPSA) is 64.3 Å². The van der Waals surface area contributed by atoms with Crippen LogP contribution < -0.4 is 11.2 Å². The molecule has 0 unspecified atom stereocenters. The fourth-order valence-electron chi connectivity index (χ4n) is 0.263. The van der Waals surface area contributed by atoms with Crippen LogP contribution in [0.5, 0.6) is 0 Å². The van der Waals surface area contributed by atoms with Crippen molar-refractivity contribution >= 4 is 35.5 Å². The molecule has 0 amide bonds. The second kappa shape index (κ2) is 13.5. The zero-order chi connectivity index (χ0) is 7.11. The molecular formula is C5H13FeN2NaO2. The Bertz CT molecular complexity index is 94.6. The number of carbonyl (C=O) groups is 1. The molecule has 0 aromatic rings. The first kappa shape index (κ1) is 17.9. The van der Waals surface area contributed by atoms with E-state index in [0.717, 1.165) is 0 Å². The van der Waals surface area contributed by atoms with Crippen molar-refractivity contribution in [1.29, 1.82) is 0 Å². The molecule has 64 valence electrons. The molecule has 0 aliphatic carbocycles. The van der Waals surface area contributed by atoms with Crippen LogP contribution in [-0.4, -0.2) is 48.6 Å². The Labute approximate surface area is 99.3 Å². The second-order valence-corrected chi connectivity index (χ2v) is 1.51. The first-order valence-corrected chi connectivity index (χ1v) is 2.93. The summed E-state index contributed by atoms with van der Waals surface area (Å²) in [6.45, 7) is 2.70. The minimum absolute atomic E-state index is 0. The number of carbonyl (C=O) groups excluding carboxylic acids is 1. The fraction of sp³-hybridized carbons (Fsp3) is 0.800. The van der Waals surface area contributed by atoms with Gasteiger partial charge >= 0.3 is 35.5 Å². The van der Waals surface area contributed by atoms with Gasteiger partial charge in [0.05, 0.1) is 0 Å². The van der Waals surface area contributed by atoms with Gasteiger partial charge in [-0.2, -0.15) is 5.48 Å². The third-order valence-corrected chi connectivity index (χ3v) is 0.721. The molecule has 0 aliphatic rings. The Kier molecular flexibility index (Phi) is 21.9. The molecule has 0 saturated heterocycles. The summed E-state index contributed by atoms with van der Waals surface area (Å²) in [5.74, 6) is -0.261. The average Bonchev–Trinajstić information content (AvgIpc) is 1.89. The van der Waals surface area contributed by atoms with Crippen molar-refractivity contribution in [3.8, 4) is 0 Å². The van der Waals surface area contributed by atoms with E-state index in [9.17, 15) is 4.79 Å². The van der Waals surface area contributed by atoms with Gasteiger partial charge in [0.2, 0.25) is 0 Å². The summed E-state index contributed by atoms with van der Waals surface area (Å²) in [6.07, 6.45) is 0.386. The van der Waals surface area contributed by atoms with Crippen molar-refractivity contribution in [3.05, 3.63) is 0 Å². The van der Waals surface area contributed by atoms with Crippen LogP contribution in [0.25, 0.3) is 0 Å². The molecule has 0 saturated carbocycles. The van der Waals surface area contributed by atoms with E-state index in [1.165, 1.54) is 0 Å². The first-order chi connectivity index (χ1) is 4.31.